The number of ether oxygens (including phenoxy) is 2. The average molecular weight is 518 g/mol. The number of sulfonamides is 1. The van der Waals surface area contributed by atoms with Gasteiger partial charge in [-0.3, -0.25) is 13.9 Å². The van der Waals surface area contributed by atoms with E-state index in [0.29, 0.717) is 17.9 Å². The molecular formula is C26H35N3O6S. The van der Waals surface area contributed by atoms with Crippen LogP contribution < -0.4 is 19.1 Å². The first kappa shape index (κ1) is 27.3. The van der Waals surface area contributed by atoms with Crippen LogP contribution >= 0.6 is 0 Å². The van der Waals surface area contributed by atoms with Crippen LogP contribution in [0.25, 0.3) is 0 Å². The van der Waals surface area contributed by atoms with Gasteiger partial charge in [0.05, 0.1) is 11.9 Å². The van der Waals surface area contributed by atoms with Crippen LogP contribution in [0.1, 0.15) is 44.7 Å². The SMILES string of the molecule is CC[C@H](C(=O)N[C@@H](C)CC)N(Cc1ccc(C)cc1)C(=O)CN(c1ccc2c(c1)OCO2)S(C)(=O)=O. The number of hydrogen-bond acceptors (Lipinski definition) is 6. The summed E-state index contributed by atoms with van der Waals surface area (Å²) >= 11 is 0. The minimum absolute atomic E-state index is 0.0460. The van der Waals surface area contributed by atoms with Gasteiger partial charge in [0.25, 0.3) is 0 Å². The molecule has 0 fully saturated rings. The van der Waals surface area contributed by atoms with Gasteiger partial charge in [-0.2, -0.15) is 0 Å². The van der Waals surface area contributed by atoms with Crippen molar-refractivity contribution in [3.05, 3.63) is 53.6 Å². The van der Waals surface area contributed by atoms with Crippen molar-refractivity contribution in [1.82, 2.24) is 10.2 Å². The highest BCUT2D eigenvalue weighted by Crippen LogP contribution is 2.36. The van der Waals surface area contributed by atoms with Gasteiger partial charge in [0.1, 0.15) is 12.6 Å². The lowest BCUT2D eigenvalue weighted by molar-refractivity contribution is -0.140. The Bertz CT molecular complexity index is 1180. The number of hydrogen-bond donors (Lipinski definition) is 1. The zero-order valence-electron chi connectivity index (χ0n) is 21.5. The molecule has 0 bridgehead atoms. The molecule has 2 amide bonds. The van der Waals surface area contributed by atoms with Crippen molar-refractivity contribution in [3.63, 3.8) is 0 Å². The predicted octanol–water partition coefficient (Wildman–Crippen LogP) is 3.21. The smallest absolute Gasteiger partial charge is 0.244 e. The van der Waals surface area contributed by atoms with Crippen molar-refractivity contribution in [2.45, 2.75) is 59.2 Å². The summed E-state index contributed by atoms with van der Waals surface area (Å²) in [5, 5.41) is 2.96. The van der Waals surface area contributed by atoms with Crippen LogP contribution in [0.2, 0.25) is 0 Å². The van der Waals surface area contributed by atoms with E-state index < -0.39 is 28.5 Å². The van der Waals surface area contributed by atoms with E-state index in [0.717, 1.165) is 28.1 Å². The number of fused-ring (bicyclic) bond motifs is 1. The average Bonchev–Trinajstić information content (AvgIpc) is 3.30. The molecule has 3 rings (SSSR count). The Kier molecular flexibility index (Phi) is 8.84. The molecule has 0 saturated carbocycles. The predicted molar refractivity (Wildman–Crippen MR) is 138 cm³/mol. The number of carbonyl (C=O) groups excluding carboxylic acids is 2. The highest BCUT2D eigenvalue weighted by Gasteiger charge is 2.32. The van der Waals surface area contributed by atoms with E-state index in [1.807, 2.05) is 52.0 Å². The van der Waals surface area contributed by atoms with Gasteiger partial charge in [-0.1, -0.05) is 43.7 Å². The molecular weight excluding hydrogens is 482 g/mol. The molecule has 2 aromatic carbocycles. The van der Waals surface area contributed by atoms with Crippen molar-refractivity contribution in [2.24, 2.45) is 0 Å². The molecule has 196 valence electrons. The van der Waals surface area contributed by atoms with Crippen LogP contribution in [0.3, 0.4) is 0 Å². The minimum atomic E-state index is -3.83. The van der Waals surface area contributed by atoms with E-state index in [9.17, 15) is 18.0 Å². The highest BCUT2D eigenvalue weighted by atomic mass is 32.2. The third-order valence-electron chi connectivity index (χ3n) is 6.18. The van der Waals surface area contributed by atoms with E-state index in [1.165, 1.54) is 11.0 Å². The van der Waals surface area contributed by atoms with Gasteiger partial charge in [-0.05, 0) is 44.4 Å². The van der Waals surface area contributed by atoms with Crippen LogP contribution in [-0.2, 0) is 26.2 Å². The summed E-state index contributed by atoms with van der Waals surface area (Å²) in [5.74, 6) is 0.169. The molecule has 1 heterocycles. The molecule has 0 aliphatic carbocycles. The van der Waals surface area contributed by atoms with E-state index in [4.69, 9.17) is 9.47 Å². The van der Waals surface area contributed by atoms with Gasteiger partial charge in [-0.25, -0.2) is 8.42 Å². The fourth-order valence-corrected chi connectivity index (χ4v) is 4.75. The monoisotopic (exact) mass is 517 g/mol. The standard InChI is InChI=1S/C26H35N3O6S/c1-6-19(4)27-26(31)22(7-2)28(15-20-10-8-18(3)9-11-20)25(30)16-29(36(5,32)33)21-12-13-23-24(14-21)35-17-34-23/h8-14,19,22H,6-7,15-17H2,1-5H3,(H,27,31)/t19-,22+/m0/s1. The zero-order valence-corrected chi connectivity index (χ0v) is 22.3. The number of amides is 2. The second-order valence-corrected chi connectivity index (χ2v) is 11.0. The quantitative estimate of drug-likeness (QED) is 0.491. The minimum Gasteiger partial charge on any atom is -0.454 e. The number of rotatable bonds is 11. The van der Waals surface area contributed by atoms with Crippen molar-refractivity contribution in [3.8, 4) is 11.5 Å². The van der Waals surface area contributed by atoms with E-state index in [1.54, 1.807) is 12.1 Å². The molecule has 36 heavy (non-hydrogen) atoms. The van der Waals surface area contributed by atoms with Gasteiger partial charge in [0.15, 0.2) is 11.5 Å². The highest BCUT2D eigenvalue weighted by molar-refractivity contribution is 7.92. The maximum atomic E-state index is 13.7. The van der Waals surface area contributed by atoms with Crippen molar-refractivity contribution < 1.29 is 27.5 Å². The van der Waals surface area contributed by atoms with Gasteiger partial charge < -0.3 is 19.7 Å². The Morgan fingerprint density at radius 3 is 2.31 bits per heavy atom. The summed E-state index contributed by atoms with van der Waals surface area (Å²) in [5.41, 5.74) is 2.20. The summed E-state index contributed by atoms with van der Waals surface area (Å²) < 4.78 is 37.2. The second-order valence-electron chi connectivity index (χ2n) is 9.06. The number of aryl methyl sites for hydroxylation is 1. The zero-order chi connectivity index (χ0) is 26.5. The van der Waals surface area contributed by atoms with Gasteiger partial charge in [0, 0.05) is 18.7 Å². The second kappa shape index (κ2) is 11.6. The van der Waals surface area contributed by atoms with Crippen LogP contribution in [0.15, 0.2) is 42.5 Å². The summed E-state index contributed by atoms with van der Waals surface area (Å²) in [6.07, 6.45) is 2.17. The van der Waals surface area contributed by atoms with Crippen LogP contribution in [0.5, 0.6) is 11.5 Å². The van der Waals surface area contributed by atoms with E-state index in [2.05, 4.69) is 5.32 Å². The molecule has 0 unspecified atom stereocenters. The Labute approximate surface area is 213 Å². The van der Waals surface area contributed by atoms with E-state index in [-0.39, 0.29) is 31.0 Å². The van der Waals surface area contributed by atoms with Crippen LogP contribution in [-0.4, -0.2) is 56.8 Å². The third-order valence-corrected chi connectivity index (χ3v) is 7.32. The maximum absolute atomic E-state index is 13.7. The molecule has 2 aromatic rings. The topological polar surface area (TPSA) is 105 Å². The maximum Gasteiger partial charge on any atom is 0.244 e. The van der Waals surface area contributed by atoms with Crippen molar-refractivity contribution >= 4 is 27.5 Å². The fourth-order valence-electron chi connectivity index (χ4n) is 3.90. The normalized spacial score (nSPS) is 14.1. The number of carbonyl (C=O) groups is 2. The molecule has 1 aliphatic heterocycles. The molecule has 0 spiro atoms. The molecule has 0 radical (unpaired) electrons. The molecule has 0 saturated heterocycles. The molecule has 9 nitrogen and oxygen atoms in total. The first-order chi connectivity index (χ1) is 17.0. The van der Waals surface area contributed by atoms with E-state index >= 15 is 0 Å². The summed E-state index contributed by atoms with van der Waals surface area (Å²) in [6.45, 7) is 7.43. The Balaban J connectivity index is 1.94. The Morgan fingerprint density at radius 1 is 1.03 bits per heavy atom. The Morgan fingerprint density at radius 2 is 1.69 bits per heavy atom. The fraction of sp³-hybridized carbons (Fsp3) is 0.462. The number of anilines is 1. The molecule has 1 aliphatic rings. The number of benzene rings is 2. The third kappa shape index (κ3) is 6.69. The Hall–Kier alpha value is -3.27. The molecule has 10 heteroatoms. The van der Waals surface area contributed by atoms with Crippen LogP contribution in [0.4, 0.5) is 5.69 Å². The van der Waals surface area contributed by atoms with Gasteiger partial charge >= 0.3 is 0 Å². The van der Waals surface area contributed by atoms with Crippen molar-refractivity contribution in [1.29, 1.82) is 0 Å². The lowest BCUT2D eigenvalue weighted by atomic mass is 10.1. The first-order valence-electron chi connectivity index (χ1n) is 12.1. The first-order valence-corrected chi connectivity index (χ1v) is 13.9. The molecule has 1 N–H and O–H groups in total. The summed E-state index contributed by atoms with van der Waals surface area (Å²) in [7, 11) is -3.83. The lowest BCUT2D eigenvalue weighted by Gasteiger charge is -2.33. The molecule has 2 atom stereocenters. The van der Waals surface area contributed by atoms with Crippen LogP contribution in [0, 0.1) is 6.92 Å². The lowest BCUT2D eigenvalue weighted by Crippen LogP contribution is -2.53. The summed E-state index contributed by atoms with van der Waals surface area (Å²) in [4.78, 5) is 28.3. The van der Waals surface area contributed by atoms with Gasteiger partial charge in [0.2, 0.25) is 28.6 Å². The molecule has 0 aromatic heterocycles. The van der Waals surface area contributed by atoms with Crippen molar-refractivity contribution in [2.75, 3.05) is 23.9 Å². The number of nitrogens with zero attached hydrogens (tertiary/aromatic N) is 2. The largest absolute Gasteiger partial charge is 0.454 e. The van der Waals surface area contributed by atoms with Gasteiger partial charge in [-0.15, -0.1) is 0 Å². The number of nitrogens with one attached hydrogen (secondary N) is 1. The summed E-state index contributed by atoms with van der Waals surface area (Å²) in [6, 6.07) is 11.6.